The summed E-state index contributed by atoms with van der Waals surface area (Å²) in [5, 5.41) is 7.34. The van der Waals surface area contributed by atoms with Gasteiger partial charge in [-0.2, -0.15) is 5.10 Å². The average molecular weight is 233 g/mol. The van der Waals surface area contributed by atoms with Crippen molar-refractivity contribution in [1.82, 2.24) is 9.99 Å². The lowest BCUT2D eigenvalue weighted by Gasteiger charge is -2.23. The Morgan fingerprint density at radius 2 is 2.29 bits per heavy atom. The van der Waals surface area contributed by atoms with Crippen LogP contribution in [0.4, 0.5) is 5.69 Å². The summed E-state index contributed by atoms with van der Waals surface area (Å²) < 4.78 is 0. The molecule has 6 nitrogen and oxygen atoms in total. The predicted molar refractivity (Wildman–Crippen MR) is 64.9 cm³/mol. The van der Waals surface area contributed by atoms with E-state index < -0.39 is 6.17 Å². The van der Waals surface area contributed by atoms with Crippen LogP contribution in [0.2, 0.25) is 0 Å². The first-order valence-electron chi connectivity index (χ1n) is 5.42. The summed E-state index contributed by atoms with van der Waals surface area (Å²) in [6.45, 7) is 3.96. The monoisotopic (exact) mass is 233 g/mol. The number of carbonyl (C=O) groups is 1. The standard InChI is InChI=1S/C11H15N5O/c1-8(2)11-14-16(10(7-17)15(11)12)9-4-3-5-13-6-9/h3-8,10H,12H2,1-2H3. The Morgan fingerprint density at radius 3 is 2.82 bits per heavy atom. The van der Waals surface area contributed by atoms with Crippen molar-refractivity contribution < 1.29 is 4.79 Å². The number of hydrazine groups is 1. The lowest BCUT2D eigenvalue weighted by atomic mass is 10.2. The Kier molecular flexibility index (Phi) is 3.06. The minimum absolute atomic E-state index is 0.157. The SMILES string of the molecule is CC(C)C1=NN(c2cccnc2)C(C=O)N1N. The van der Waals surface area contributed by atoms with E-state index in [-0.39, 0.29) is 5.92 Å². The van der Waals surface area contributed by atoms with Crippen LogP contribution in [0, 0.1) is 5.92 Å². The van der Waals surface area contributed by atoms with E-state index in [0.717, 1.165) is 12.0 Å². The van der Waals surface area contributed by atoms with Gasteiger partial charge in [0.2, 0.25) is 0 Å². The number of rotatable bonds is 3. The van der Waals surface area contributed by atoms with Crippen LogP contribution in [0.15, 0.2) is 29.6 Å². The van der Waals surface area contributed by atoms with E-state index in [1.807, 2.05) is 19.9 Å². The van der Waals surface area contributed by atoms with Crippen molar-refractivity contribution in [3.63, 3.8) is 0 Å². The molecule has 2 heterocycles. The van der Waals surface area contributed by atoms with Crippen LogP contribution in [0.25, 0.3) is 0 Å². The van der Waals surface area contributed by atoms with Crippen molar-refractivity contribution in [2.24, 2.45) is 16.9 Å². The number of carbonyl (C=O) groups excluding carboxylic acids is 1. The fourth-order valence-corrected chi connectivity index (χ4v) is 1.71. The maximum atomic E-state index is 11.1. The molecule has 90 valence electrons. The zero-order valence-corrected chi connectivity index (χ0v) is 9.82. The Hall–Kier alpha value is -1.95. The molecule has 17 heavy (non-hydrogen) atoms. The van der Waals surface area contributed by atoms with E-state index >= 15 is 0 Å². The molecule has 0 spiro atoms. The highest BCUT2D eigenvalue weighted by molar-refractivity contribution is 5.90. The van der Waals surface area contributed by atoms with Gasteiger partial charge in [-0.15, -0.1) is 0 Å². The van der Waals surface area contributed by atoms with Crippen LogP contribution < -0.4 is 10.9 Å². The van der Waals surface area contributed by atoms with E-state index in [2.05, 4.69) is 10.1 Å². The molecule has 6 heteroatoms. The number of pyridine rings is 1. The minimum atomic E-state index is -0.600. The minimum Gasteiger partial charge on any atom is -0.299 e. The van der Waals surface area contributed by atoms with Crippen LogP contribution >= 0.6 is 0 Å². The van der Waals surface area contributed by atoms with Gasteiger partial charge >= 0.3 is 0 Å². The van der Waals surface area contributed by atoms with Crippen LogP contribution in [0.3, 0.4) is 0 Å². The summed E-state index contributed by atoms with van der Waals surface area (Å²) in [5.41, 5.74) is 0.746. The van der Waals surface area contributed by atoms with E-state index in [1.54, 1.807) is 23.5 Å². The zero-order chi connectivity index (χ0) is 12.4. The molecule has 1 atom stereocenters. The van der Waals surface area contributed by atoms with Gasteiger partial charge in [-0.1, -0.05) is 13.8 Å². The second-order valence-electron chi connectivity index (χ2n) is 4.13. The van der Waals surface area contributed by atoms with Crippen molar-refractivity contribution >= 4 is 17.8 Å². The molecule has 2 N–H and O–H groups in total. The van der Waals surface area contributed by atoms with Gasteiger partial charge in [-0.3, -0.25) is 14.8 Å². The van der Waals surface area contributed by atoms with Gasteiger partial charge < -0.3 is 0 Å². The molecular formula is C11H15N5O. The third kappa shape index (κ3) is 1.99. The molecule has 0 radical (unpaired) electrons. The Balaban J connectivity index is 2.36. The van der Waals surface area contributed by atoms with Gasteiger partial charge in [0.1, 0.15) is 5.84 Å². The van der Waals surface area contributed by atoms with Gasteiger partial charge in [-0.25, -0.2) is 10.9 Å². The lowest BCUT2D eigenvalue weighted by Crippen LogP contribution is -2.48. The molecule has 0 amide bonds. The van der Waals surface area contributed by atoms with Gasteiger partial charge in [0, 0.05) is 12.1 Å². The maximum Gasteiger partial charge on any atom is 0.194 e. The molecule has 2 rings (SSSR count). The highest BCUT2D eigenvalue weighted by Crippen LogP contribution is 2.23. The summed E-state index contributed by atoms with van der Waals surface area (Å²) in [6, 6.07) is 3.63. The normalized spacial score (nSPS) is 19.8. The molecule has 1 aromatic heterocycles. The second-order valence-corrected chi connectivity index (χ2v) is 4.13. The smallest absolute Gasteiger partial charge is 0.194 e. The molecule has 0 fully saturated rings. The van der Waals surface area contributed by atoms with Gasteiger partial charge in [-0.05, 0) is 12.1 Å². The van der Waals surface area contributed by atoms with Crippen molar-refractivity contribution in [3.05, 3.63) is 24.5 Å². The quantitative estimate of drug-likeness (QED) is 0.610. The van der Waals surface area contributed by atoms with E-state index in [9.17, 15) is 4.79 Å². The number of hydrogen-bond acceptors (Lipinski definition) is 6. The fourth-order valence-electron chi connectivity index (χ4n) is 1.71. The second kappa shape index (κ2) is 4.50. The molecule has 0 saturated carbocycles. The van der Waals surface area contributed by atoms with E-state index in [1.165, 1.54) is 5.01 Å². The molecule has 1 aromatic rings. The topological polar surface area (TPSA) is 74.8 Å². The Labute approximate surface area is 99.7 Å². The molecule has 0 aromatic carbocycles. The van der Waals surface area contributed by atoms with Crippen molar-refractivity contribution in [2.45, 2.75) is 20.0 Å². The van der Waals surface area contributed by atoms with Crippen LogP contribution in [-0.4, -0.2) is 28.3 Å². The lowest BCUT2D eigenvalue weighted by molar-refractivity contribution is -0.111. The summed E-state index contributed by atoms with van der Waals surface area (Å²) >= 11 is 0. The average Bonchev–Trinajstić information content (AvgIpc) is 2.67. The first kappa shape index (κ1) is 11.5. The van der Waals surface area contributed by atoms with Crippen LogP contribution in [0.5, 0.6) is 0 Å². The summed E-state index contributed by atoms with van der Waals surface area (Å²) in [7, 11) is 0. The van der Waals surface area contributed by atoms with Crippen molar-refractivity contribution in [3.8, 4) is 0 Å². The third-order valence-electron chi connectivity index (χ3n) is 2.56. The van der Waals surface area contributed by atoms with Crippen molar-refractivity contribution in [2.75, 3.05) is 5.01 Å². The highest BCUT2D eigenvalue weighted by Gasteiger charge is 2.34. The zero-order valence-electron chi connectivity index (χ0n) is 9.82. The maximum absolute atomic E-state index is 11.1. The Morgan fingerprint density at radius 1 is 1.53 bits per heavy atom. The summed E-state index contributed by atoms with van der Waals surface area (Å²) in [6.07, 6.45) is 3.49. The molecule has 1 unspecified atom stereocenters. The number of aldehydes is 1. The van der Waals surface area contributed by atoms with Gasteiger partial charge in [0.05, 0.1) is 11.9 Å². The van der Waals surface area contributed by atoms with Crippen molar-refractivity contribution in [1.29, 1.82) is 0 Å². The molecular weight excluding hydrogens is 218 g/mol. The van der Waals surface area contributed by atoms with Gasteiger partial charge in [0.15, 0.2) is 12.5 Å². The Bertz CT molecular complexity index is 431. The third-order valence-corrected chi connectivity index (χ3v) is 2.56. The first-order valence-corrected chi connectivity index (χ1v) is 5.42. The molecule has 1 aliphatic rings. The molecule has 0 aliphatic carbocycles. The van der Waals surface area contributed by atoms with E-state index in [0.29, 0.717) is 5.84 Å². The number of nitrogens with two attached hydrogens (primary N) is 1. The molecule has 0 bridgehead atoms. The molecule has 0 saturated heterocycles. The summed E-state index contributed by atoms with van der Waals surface area (Å²) in [4.78, 5) is 15.1. The number of anilines is 1. The van der Waals surface area contributed by atoms with Crippen LogP contribution in [-0.2, 0) is 4.79 Å². The van der Waals surface area contributed by atoms with Crippen LogP contribution in [0.1, 0.15) is 13.8 Å². The number of hydrazone groups is 1. The highest BCUT2D eigenvalue weighted by atomic mass is 16.1. The fraction of sp³-hybridized carbons (Fsp3) is 0.364. The van der Waals surface area contributed by atoms with E-state index in [4.69, 9.17) is 5.84 Å². The summed E-state index contributed by atoms with van der Waals surface area (Å²) in [5.74, 6) is 6.71. The number of aromatic nitrogens is 1. The number of nitrogens with zero attached hydrogens (tertiary/aromatic N) is 4. The molecule has 1 aliphatic heterocycles. The first-order chi connectivity index (χ1) is 8.15. The number of amidine groups is 1. The number of hydrogen-bond donors (Lipinski definition) is 1. The predicted octanol–water partition coefficient (Wildman–Crippen LogP) is 0.572. The van der Waals surface area contributed by atoms with Gasteiger partial charge in [0.25, 0.3) is 0 Å². The largest absolute Gasteiger partial charge is 0.299 e.